The van der Waals surface area contributed by atoms with Gasteiger partial charge >= 0.3 is 0 Å². The predicted octanol–water partition coefficient (Wildman–Crippen LogP) is 2.73. The molecule has 0 bridgehead atoms. The lowest BCUT2D eigenvalue weighted by atomic mass is 10.2. The highest BCUT2D eigenvalue weighted by Gasteiger charge is 1.95. The molecule has 0 saturated carbocycles. The number of benzene rings is 2. The van der Waals surface area contributed by atoms with Crippen LogP contribution >= 0.6 is 0 Å². The van der Waals surface area contributed by atoms with Crippen LogP contribution in [0.4, 0.5) is 0 Å². The molecule has 22 heavy (non-hydrogen) atoms. The highest BCUT2D eigenvalue weighted by molar-refractivity contribution is 5.31. The number of aliphatic hydroxyl groups is 2. The molecule has 0 amide bonds. The molecular weight excluding hydrogens is 280 g/mol. The Morgan fingerprint density at radius 1 is 0.636 bits per heavy atom. The van der Waals surface area contributed by atoms with Crippen molar-refractivity contribution in [2.24, 2.45) is 0 Å². The summed E-state index contributed by atoms with van der Waals surface area (Å²) in [5.74, 6) is 1.38. The Morgan fingerprint density at radius 2 is 0.955 bits per heavy atom. The fourth-order valence-electron chi connectivity index (χ4n) is 1.60. The Bertz CT molecular complexity index is 458. The summed E-state index contributed by atoms with van der Waals surface area (Å²) >= 11 is 0. The highest BCUT2D eigenvalue weighted by Crippen LogP contribution is 2.17. The molecule has 0 fully saturated rings. The number of ether oxygens (including phenoxy) is 2. The van der Waals surface area contributed by atoms with E-state index in [1.165, 1.54) is 11.1 Å². The van der Waals surface area contributed by atoms with Crippen LogP contribution in [0.15, 0.2) is 48.5 Å². The van der Waals surface area contributed by atoms with Gasteiger partial charge in [0.25, 0.3) is 0 Å². The molecule has 120 valence electrons. The van der Waals surface area contributed by atoms with Crippen molar-refractivity contribution in [3.63, 3.8) is 0 Å². The molecule has 2 N–H and O–H groups in total. The van der Waals surface area contributed by atoms with Gasteiger partial charge in [0.2, 0.25) is 0 Å². The molecule has 0 aliphatic carbocycles. The van der Waals surface area contributed by atoms with Gasteiger partial charge in [0.1, 0.15) is 24.7 Å². The van der Waals surface area contributed by atoms with Gasteiger partial charge in [0.15, 0.2) is 0 Å². The van der Waals surface area contributed by atoms with E-state index >= 15 is 0 Å². The van der Waals surface area contributed by atoms with Crippen LogP contribution in [0.2, 0.25) is 0 Å². The van der Waals surface area contributed by atoms with Gasteiger partial charge < -0.3 is 19.7 Å². The van der Waals surface area contributed by atoms with E-state index < -0.39 is 0 Å². The number of aryl methyl sites for hydroxylation is 2. The summed E-state index contributed by atoms with van der Waals surface area (Å²) in [5, 5.41) is 17.0. The maximum atomic E-state index is 8.52. The molecule has 2 rings (SSSR count). The largest absolute Gasteiger partial charge is 0.491 e. The van der Waals surface area contributed by atoms with Crippen LogP contribution in [0.1, 0.15) is 11.1 Å². The van der Waals surface area contributed by atoms with Crippen molar-refractivity contribution in [1.82, 2.24) is 0 Å². The van der Waals surface area contributed by atoms with E-state index in [9.17, 15) is 0 Å². The first kappa shape index (κ1) is 18.0. The average Bonchev–Trinajstić information content (AvgIpc) is 2.55. The van der Waals surface area contributed by atoms with E-state index in [0.717, 1.165) is 0 Å². The van der Waals surface area contributed by atoms with Crippen molar-refractivity contribution in [3.05, 3.63) is 59.7 Å². The molecule has 4 nitrogen and oxygen atoms in total. The quantitative estimate of drug-likeness (QED) is 0.861. The topological polar surface area (TPSA) is 58.9 Å². The summed E-state index contributed by atoms with van der Waals surface area (Å²) in [6, 6.07) is 15.5. The van der Waals surface area contributed by atoms with Gasteiger partial charge in [0.05, 0.1) is 13.2 Å². The normalized spacial score (nSPS) is 9.64. The van der Waals surface area contributed by atoms with E-state index in [1.807, 2.05) is 0 Å². The fraction of sp³-hybridized carbons (Fsp3) is 0.333. The second-order valence-electron chi connectivity index (χ2n) is 4.77. The van der Waals surface area contributed by atoms with Crippen molar-refractivity contribution in [2.75, 3.05) is 26.4 Å². The van der Waals surface area contributed by atoms with Gasteiger partial charge in [-0.05, 0) is 38.1 Å². The fourth-order valence-corrected chi connectivity index (χ4v) is 1.60. The van der Waals surface area contributed by atoms with E-state index in [2.05, 4.69) is 38.1 Å². The Labute approximate surface area is 131 Å². The lowest BCUT2D eigenvalue weighted by molar-refractivity contribution is 0.198. The van der Waals surface area contributed by atoms with Crippen molar-refractivity contribution in [2.45, 2.75) is 13.8 Å². The third kappa shape index (κ3) is 7.67. The van der Waals surface area contributed by atoms with Crippen molar-refractivity contribution in [3.8, 4) is 11.5 Å². The smallest absolute Gasteiger partial charge is 0.119 e. The van der Waals surface area contributed by atoms with Crippen LogP contribution in [0.3, 0.4) is 0 Å². The molecular formula is C18H24O4. The number of hydrogen-bond acceptors (Lipinski definition) is 4. The summed E-state index contributed by atoms with van der Waals surface area (Å²) in [6.07, 6.45) is 0. The zero-order valence-electron chi connectivity index (χ0n) is 13.2. The van der Waals surface area contributed by atoms with E-state index in [4.69, 9.17) is 19.7 Å². The van der Waals surface area contributed by atoms with Crippen LogP contribution in [-0.4, -0.2) is 36.6 Å². The number of aliphatic hydroxyl groups excluding tert-OH is 2. The van der Waals surface area contributed by atoms with E-state index in [1.54, 1.807) is 24.3 Å². The van der Waals surface area contributed by atoms with E-state index in [0.29, 0.717) is 11.5 Å². The summed E-state index contributed by atoms with van der Waals surface area (Å²) in [5.41, 5.74) is 2.66. The molecule has 2 aromatic carbocycles. The van der Waals surface area contributed by atoms with Crippen molar-refractivity contribution >= 4 is 0 Å². The van der Waals surface area contributed by atoms with Gasteiger partial charge in [-0.15, -0.1) is 0 Å². The monoisotopic (exact) mass is 304 g/mol. The Morgan fingerprint density at radius 3 is 1.23 bits per heavy atom. The van der Waals surface area contributed by atoms with Gasteiger partial charge in [-0.2, -0.15) is 0 Å². The lowest BCUT2D eigenvalue weighted by Crippen LogP contribution is -2.03. The molecule has 2 aromatic rings. The van der Waals surface area contributed by atoms with Crippen LogP contribution in [0.5, 0.6) is 11.5 Å². The van der Waals surface area contributed by atoms with Crippen LogP contribution < -0.4 is 9.47 Å². The first-order valence-electron chi connectivity index (χ1n) is 7.26. The van der Waals surface area contributed by atoms with E-state index in [-0.39, 0.29) is 26.4 Å². The van der Waals surface area contributed by atoms with Crippen LogP contribution in [0, 0.1) is 13.8 Å². The SMILES string of the molecule is Cc1ccc(C)cc1.OCCOc1ccc(OCCO)cc1. The standard InChI is InChI=1S/C10H14O4.C8H10/c11-5-7-13-9-1-2-10(4-3-9)14-8-6-12;1-7-3-5-8(2)6-4-7/h1-4,11-12H,5-8H2;3-6H,1-2H3. The summed E-state index contributed by atoms with van der Waals surface area (Å²) in [4.78, 5) is 0. The molecule has 0 radical (unpaired) electrons. The van der Waals surface area contributed by atoms with Gasteiger partial charge in [-0.3, -0.25) is 0 Å². The molecule has 0 aliphatic heterocycles. The lowest BCUT2D eigenvalue weighted by Gasteiger charge is -2.06. The first-order valence-corrected chi connectivity index (χ1v) is 7.26. The first-order chi connectivity index (χ1) is 10.7. The Balaban J connectivity index is 0.000000255. The number of rotatable bonds is 6. The van der Waals surface area contributed by atoms with Crippen LogP contribution in [-0.2, 0) is 0 Å². The zero-order valence-corrected chi connectivity index (χ0v) is 13.2. The van der Waals surface area contributed by atoms with Crippen LogP contribution in [0.25, 0.3) is 0 Å². The van der Waals surface area contributed by atoms with Gasteiger partial charge in [-0.25, -0.2) is 0 Å². The average molecular weight is 304 g/mol. The Hall–Kier alpha value is -2.04. The molecule has 0 aliphatic rings. The maximum absolute atomic E-state index is 8.52. The summed E-state index contributed by atoms with van der Waals surface area (Å²) in [6.45, 7) is 4.78. The van der Waals surface area contributed by atoms with Gasteiger partial charge in [-0.1, -0.05) is 35.4 Å². The van der Waals surface area contributed by atoms with Crippen molar-refractivity contribution in [1.29, 1.82) is 0 Å². The molecule has 0 unspecified atom stereocenters. The molecule has 4 heteroatoms. The third-order valence-electron chi connectivity index (χ3n) is 2.76. The highest BCUT2D eigenvalue weighted by atomic mass is 16.5. The van der Waals surface area contributed by atoms with Gasteiger partial charge in [0, 0.05) is 0 Å². The second-order valence-corrected chi connectivity index (χ2v) is 4.77. The minimum atomic E-state index is 0.00274. The maximum Gasteiger partial charge on any atom is 0.119 e. The zero-order chi connectivity index (χ0) is 16.2. The second kappa shape index (κ2) is 10.7. The minimum Gasteiger partial charge on any atom is -0.491 e. The predicted molar refractivity (Wildman–Crippen MR) is 87.5 cm³/mol. The molecule has 0 saturated heterocycles. The Kier molecular flexibility index (Phi) is 8.72. The minimum absolute atomic E-state index is 0.00274. The summed E-state index contributed by atoms with van der Waals surface area (Å²) < 4.78 is 10.3. The molecule has 0 spiro atoms. The molecule has 0 heterocycles. The number of hydrogen-bond donors (Lipinski definition) is 2. The molecule has 0 aromatic heterocycles. The third-order valence-corrected chi connectivity index (χ3v) is 2.76. The van der Waals surface area contributed by atoms with Crippen molar-refractivity contribution < 1.29 is 19.7 Å². The molecule has 0 atom stereocenters. The summed E-state index contributed by atoms with van der Waals surface area (Å²) in [7, 11) is 0.